The Bertz CT molecular complexity index is 194. The number of hydrogen-bond donors (Lipinski definition) is 0. The molecule has 1 aliphatic rings. The predicted octanol–water partition coefficient (Wildman–Crippen LogP) is 2.59. The van der Waals surface area contributed by atoms with Crippen molar-refractivity contribution in [3.63, 3.8) is 0 Å². The lowest BCUT2D eigenvalue weighted by atomic mass is 10.1. The third-order valence-electron chi connectivity index (χ3n) is 1.74. The third kappa shape index (κ3) is 1.82. The second kappa shape index (κ2) is 3.56. The highest BCUT2D eigenvalue weighted by Gasteiger charge is 2.20. The van der Waals surface area contributed by atoms with E-state index >= 15 is 0 Å². The Labute approximate surface area is 66.6 Å². The molecule has 1 rings (SSSR count). The molecule has 1 atom stereocenters. The molecule has 1 heterocycles. The van der Waals surface area contributed by atoms with Crippen LogP contribution in [0.5, 0.6) is 0 Å². The second-order valence-electron chi connectivity index (χ2n) is 2.67. The molecule has 0 bridgehead atoms. The van der Waals surface area contributed by atoms with E-state index in [4.69, 9.17) is 4.74 Å². The van der Waals surface area contributed by atoms with Gasteiger partial charge in [0.05, 0.1) is 0 Å². The molecular weight excluding hydrogens is 143 g/mol. The summed E-state index contributed by atoms with van der Waals surface area (Å²) in [5.74, 6) is 0.843. The molecule has 1 fully saturated rings. The SMILES string of the molecule is C/C=C1/OC(C)C/C1=C/CF. The van der Waals surface area contributed by atoms with E-state index in [1.54, 1.807) is 6.08 Å². The molecule has 1 aliphatic heterocycles. The van der Waals surface area contributed by atoms with Crippen molar-refractivity contribution in [1.29, 1.82) is 0 Å². The molecule has 0 saturated carbocycles. The maximum atomic E-state index is 11.9. The third-order valence-corrected chi connectivity index (χ3v) is 1.74. The molecule has 0 aliphatic carbocycles. The Morgan fingerprint density at radius 1 is 1.73 bits per heavy atom. The minimum Gasteiger partial charge on any atom is -0.490 e. The molecule has 0 radical (unpaired) electrons. The highest BCUT2D eigenvalue weighted by Crippen LogP contribution is 2.28. The zero-order valence-corrected chi connectivity index (χ0v) is 6.93. The summed E-state index contributed by atoms with van der Waals surface area (Å²) in [5.41, 5.74) is 1.00. The maximum absolute atomic E-state index is 11.9. The zero-order chi connectivity index (χ0) is 8.27. The standard InChI is InChI=1S/C9H13FO/c1-3-9-8(4-5-10)6-7(2)11-9/h3-4,7H,5-6H2,1-2H3/b8-4-,9-3+. The van der Waals surface area contributed by atoms with Crippen LogP contribution in [0.15, 0.2) is 23.5 Å². The molecule has 0 aromatic carbocycles. The molecule has 1 unspecified atom stereocenters. The highest BCUT2D eigenvalue weighted by atomic mass is 19.1. The largest absolute Gasteiger partial charge is 0.490 e. The summed E-state index contributed by atoms with van der Waals surface area (Å²) >= 11 is 0. The first-order chi connectivity index (χ1) is 5.27. The van der Waals surface area contributed by atoms with Gasteiger partial charge in [0.25, 0.3) is 0 Å². The van der Waals surface area contributed by atoms with Crippen molar-refractivity contribution >= 4 is 0 Å². The lowest BCUT2D eigenvalue weighted by Crippen LogP contribution is -1.94. The summed E-state index contributed by atoms with van der Waals surface area (Å²) in [4.78, 5) is 0. The van der Waals surface area contributed by atoms with Crippen LogP contribution in [-0.4, -0.2) is 12.8 Å². The minimum atomic E-state index is -0.400. The van der Waals surface area contributed by atoms with Gasteiger partial charge in [0.15, 0.2) is 0 Å². The van der Waals surface area contributed by atoms with Crippen molar-refractivity contribution in [2.45, 2.75) is 26.4 Å². The number of hydrogen-bond acceptors (Lipinski definition) is 1. The van der Waals surface area contributed by atoms with Crippen molar-refractivity contribution in [1.82, 2.24) is 0 Å². The van der Waals surface area contributed by atoms with Crippen LogP contribution in [0.1, 0.15) is 20.3 Å². The van der Waals surface area contributed by atoms with E-state index in [-0.39, 0.29) is 6.10 Å². The number of halogens is 1. The van der Waals surface area contributed by atoms with Crippen LogP contribution < -0.4 is 0 Å². The molecule has 62 valence electrons. The van der Waals surface area contributed by atoms with Crippen molar-refractivity contribution in [2.75, 3.05) is 6.67 Å². The molecule has 0 spiro atoms. The summed E-state index contributed by atoms with van der Waals surface area (Å²) in [6.45, 7) is 3.49. The summed E-state index contributed by atoms with van der Waals surface area (Å²) < 4.78 is 17.3. The summed E-state index contributed by atoms with van der Waals surface area (Å²) in [6.07, 6.45) is 4.51. The van der Waals surface area contributed by atoms with E-state index in [2.05, 4.69) is 0 Å². The van der Waals surface area contributed by atoms with Gasteiger partial charge in [0, 0.05) is 6.42 Å². The van der Waals surface area contributed by atoms with Crippen LogP contribution in [0.2, 0.25) is 0 Å². The molecule has 0 aromatic heterocycles. The fourth-order valence-corrected chi connectivity index (χ4v) is 1.27. The predicted molar refractivity (Wildman–Crippen MR) is 43.0 cm³/mol. The first kappa shape index (κ1) is 8.31. The Morgan fingerprint density at radius 3 is 3.00 bits per heavy atom. The maximum Gasteiger partial charge on any atom is 0.118 e. The lowest BCUT2D eigenvalue weighted by Gasteiger charge is -2.00. The van der Waals surface area contributed by atoms with Gasteiger partial charge >= 0.3 is 0 Å². The second-order valence-corrected chi connectivity index (χ2v) is 2.67. The van der Waals surface area contributed by atoms with Crippen molar-refractivity contribution in [2.24, 2.45) is 0 Å². The average Bonchev–Trinajstić information content (AvgIpc) is 2.32. The van der Waals surface area contributed by atoms with E-state index in [9.17, 15) is 4.39 Å². The van der Waals surface area contributed by atoms with Gasteiger partial charge in [-0.1, -0.05) is 0 Å². The molecule has 1 saturated heterocycles. The average molecular weight is 156 g/mol. The molecule has 1 nitrogen and oxygen atoms in total. The van der Waals surface area contributed by atoms with Crippen LogP contribution in [0.25, 0.3) is 0 Å². The molecule has 0 amide bonds. The highest BCUT2D eigenvalue weighted by molar-refractivity contribution is 5.29. The van der Waals surface area contributed by atoms with E-state index in [0.29, 0.717) is 0 Å². The quantitative estimate of drug-likeness (QED) is 0.567. The Kier molecular flexibility index (Phi) is 2.69. The van der Waals surface area contributed by atoms with Gasteiger partial charge in [-0.05, 0) is 31.6 Å². The van der Waals surface area contributed by atoms with Crippen LogP contribution >= 0.6 is 0 Å². The van der Waals surface area contributed by atoms with Gasteiger partial charge < -0.3 is 4.74 Å². The fourth-order valence-electron chi connectivity index (χ4n) is 1.27. The van der Waals surface area contributed by atoms with Gasteiger partial charge in [-0.25, -0.2) is 4.39 Å². The van der Waals surface area contributed by atoms with E-state index in [1.807, 2.05) is 19.9 Å². The summed E-state index contributed by atoms with van der Waals surface area (Å²) in [6, 6.07) is 0. The Balaban J connectivity index is 2.73. The minimum absolute atomic E-state index is 0.207. The number of alkyl halides is 1. The fraction of sp³-hybridized carbons (Fsp3) is 0.556. The molecular formula is C9H13FO. The summed E-state index contributed by atoms with van der Waals surface area (Å²) in [7, 11) is 0. The lowest BCUT2D eigenvalue weighted by molar-refractivity contribution is 0.178. The van der Waals surface area contributed by atoms with Crippen LogP contribution in [-0.2, 0) is 4.74 Å². The van der Waals surface area contributed by atoms with Crippen molar-refractivity contribution < 1.29 is 9.13 Å². The normalized spacial score (nSPS) is 31.4. The van der Waals surface area contributed by atoms with Gasteiger partial charge in [-0.2, -0.15) is 0 Å². The molecule has 0 aromatic rings. The van der Waals surface area contributed by atoms with Crippen molar-refractivity contribution in [3.05, 3.63) is 23.5 Å². The number of rotatable bonds is 1. The first-order valence-electron chi connectivity index (χ1n) is 3.86. The monoisotopic (exact) mass is 156 g/mol. The van der Waals surface area contributed by atoms with E-state index in [0.717, 1.165) is 17.8 Å². The molecule has 0 N–H and O–H groups in total. The van der Waals surface area contributed by atoms with Crippen LogP contribution in [0.3, 0.4) is 0 Å². The van der Waals surface area contributed by atoms with Gasteiger partial charge in [-0.15, -0.1) is 0 Å². The van der Waals surface area contributed by atoms with Gasteiger partial charge in [-0.3, -0.25) is 0 Å². The van der Waals surface area contributed by atoms with E-state index in [1.165, 1.54) is 0 Å². The summed E-state index contributed by atoms with van der Waals surface area (Å²) in [5, 5.41) is 0. The Morgan fingerprint density at radius 2 is 2.45 bits per heavy atom. The van der Waals surface area contributed by atoms with Crippen LogP contribution in [0.4, 0.5) is 4.39 Å². The van der Waals surface area contributed by atoms with Gasteiger partial charge in [0.2, 0.25) is 0 Å². The molecule has 2 heteroatoms. The number of allylic oxidation sites excluding steroid dienone is 3. The van der Waals surface area contributed by atoms with Crippen molar-refractivity contribution in [3.8, 4) is 0 Å². The number of ether oxygens (including phenoxy) is 1. The van der Waals surface area contributed by atoms with Crippen LogP contribution in [0, 0.1) is 0 Å². The van der Waals surface area contributed by atoms with Gasteiger partial charge in [0.1, 0.15) is 18.5 Å². The first-order valence-corrected chi connectivity index (χ1v) is 3.86. The Hall–Kier alpha value is -0.790. The topological polar surface area (TPSA) is 9.23 Å². The smallest absolute Gasteiger partial charge is 0.118 e. The molecule has 11 heavy (non-hydrogen) atoms. The van der Waals surface area contributed by atoms with E-state index < -0.39 is 6.67 Å². The zero-order valence-electron chi connectivity index (χ0n) is 6.93.